The number of phenols is 1. The molecule has 2 rings (SSSR count). The van der Waals surface area contributed by atoms with Crippen molar-refractivity contribution in [3.8, 4) is 5.75 Å². The molecule has 0 heterocycles. The summed E-state index contributed by atoms with van der Waals surface area (Å²) in [6.45, 7) is 0.803. The Kier molecular flexibility index (Phi) is 4.62. The number of nitrogens with one attached hydrogen (secondary N) is 1. The number of hydrogen-bond donors (Lipinski definition) is 2. The van der Waals surface area contributed by atoms with E-state index in [4.69, 9.17) is 0 Å². The number of phenolic OH excluding ortho intramolecular Hbond substituents is 1. The Bertz CT molecular complexity index is 397. The largest absolute Gasteiger partial charge is 0.508 e. The van der Waals surface area contributed by atoms with Gasteiger partial charge in [-0.3, -0.25) is 4.79 Å². The van der Waals surface area contributed by atoms with E-state index < -0.39 is 0 Å². The Hall–Kier alpha value is -1.51. The maximum absolute atomic E-state index is 11.8. The number of benzene rings is 1. The fourth-order valence-electron chi connectivity index (χ4n) is 2.56. The van der Waals surface area contributed by atoms with Crippen molar-refractivity contribution in [2.75, 3.05) is 6.54 Å². The summed E-state index contributed by atoms with van der Waals surface area (Å²) in [5, 5.41) is 12.3. The highest BCUT2D eigenvalue weighted by Gasteiger charge is 2.14. The van der Waals surface area contributed by atoms with Crippen molar-refractivity contribution in [2.45, 2.75) is 38.5 Å². The van der Waals surface area contributed by atoms with Gasteiger partial charge in [0, 0.05) is 6.54 Å². The van der Waals surface area contributed by atoms with E-state index in [1.807, 2.05) is 6.07 Å². The number of amides is 1. The van der Waals surface area contributed by atoms with E-state index in [0.717, 1.165) is 12.1 Å². The van der Waals surface area contributed by atoms with E-state index in [-0.39, 0.29) is 11.7 Å². The third-order valence-corrected chi connectivity index (χ3v) is 3.59. The molecule has 3 heteroatoms. The van der Waals surface area contributed by atoms with Crippen LogP contribution in [0, 0.1) is 5.92 Å². The topological polar surface area (TPSA) is 49.3 Å². The maximum atomic E-state index is 11.8. The molecule has 1 aromatic carbocycles. The van der Waals surface area contributed by atoms with Crippen LogP contribution in [0.15, 0.2) is 24.3 Å². The van der Waals surface area contributed by atoms with Crippen LogP contribution in [0.3, 0.4) is 0 Å². The first kappa shape index (κ1) is 12.9. The van der Waals surface area contributed by atoms with Crippen molar-refractivity contribution in [1.29, 1.82) is 0 Å². The molecule has 2 N–H and O–H groups in total. The highest BCUT2D eigenvalue weighted by molar-refractivity contribution is 5.78. The molecule has 0 aliphatic heterocycles. The zero-order valence-corrected chi connectivity index (χ0v) is 10.7. The van der Waals surface area contributed by atoms with Gasteiger partial charge < -0.3 is 10.4 Å². The van der Waals surface area contributed by atoms with Crippen molar-refractivity contribution in [3.05, 3.63) is 29.8 Å². The van der Waals surface area contributed by atoms with Gasteiger partial charge in [-0.05, 0) is 36.5 Å². The van der Waals surface area contributed by atoms with Gasteiger partial charge in [-0.2, -0.15) is 0 Å². The van der Waals surface area contributed by atoms with Crippen LogP contribution in [0.5, 0.6) is 5.75 Å². The van der Waals surface area contributed by atoms with Crippen LogP contribution < -0.4 is 5.32 Å². The number of carbonyl (C=O) groups is 1. The van der Waals surface area contributed by atoms with E-state index >= 15 is 0 Å². The molecule has 1 amide bonds. The quantitative estimate of drug-likeness (QED) is 0.859. The normalized spacial score (nSPS) is 16.4. The lowest BCUT2D eigenvalue weighted by Gasteiger charge is -2.21. The zero-order chi connectivity index (χ0) is 12.8. The standard InChI is InChI=1S/C15H21NO2/c17-14-8-4-7-13(9-14)10-15(18)16-11-12-5-2-1-3-6-12/h4,7-9,12,17H,1-3,5-6,10-11H2,(H,16,18). The van der Waals surface area contributed by atoms with Gasteiger partial charge in [0.15, 0.2) is 0 Å². The summed E-state index contributed by atoms with van der Waals surface area (Å²) < 4.78 is 0. The van der Waals surface area contributed by atoms with E-state index in [1.54, 1.807) is 18.2 Å². The molecule has 1 aromatic rings. The SMILES string of the molecule is O=C(Cc1cccc(O)c1)NCC1CCCCC1. The van der Waals surface area contributed by atoms with E-state index in [9.17, 15) is 9.90 Å². The molecule has 18 heavy (non-hydrogen) atoms. The second-order valence-electron chi connectivity index (χ2n) is 5.15. The van der Waals surface area contributed by atoms with Crippen LogP contribution in [0.4, 0.5) is 0 Å². The Balaban J connectivity index is 1.74. The third-order valence-electron chi connectivity index (χ3n) is 3.59. The predicted molar refractivity (Wildman–Crippen MR) is 71.4 cm³/mol. The Morgan fingerprint density at radius 3 is 2.78 bits per heavy atom. The van der Waals surface area contributed by atoms with Gasteiger partial charge >= 0.3 is 0 Å². The highest BCUT2D eigenvalue weighted by atomic mass is 16.3. The van der Waals surface area contributed by atoms with Crippen molar-refractivity contribution in [3.63, 3.8) is 0 Å². The molecule has 98 valence electrons. The lowest BCUT2D eigenvalue weighted by molar-refractivity contribution is -0.120. The van der Waals surface area contributed by atoms with Gasteiger partial charge in [-0.1, -0.05) is 31.4 Å². The number of rotatable bonds is 4. The summed E-state index contributed by atoms with van der Waals surface area (Å²) in [5.74, 6) is 0.922. The van der Waals surface area contributed by atoms with Crippen LogP contribution in [-0.4, -0.2) is 17.6 Å². The lowest BCUT2D eigenvalue weighted by Crippen LogP contribution is -2.31. The molecule has 0 saturated heterocycles. The molecule has 1 aliphatic rings. The molecular formula is C15H21NO2. The first-order chi connectivity index (χ1) is 8.74. The molecule has 0 spiro atoms. The van der Waals surface area contributed by atoms with Crippen molar-refractivity contribution < 1.29 is 9.90 Å². The maximum Gasteiger partial charge on any atom is 0.224 e. The first-order valence-corrected chi connectivity index (χ1v) is 6.78. The van der Waals surface area contributed by atoms with Crippen molar-refractivity contribution >= 4 is 5.91 Å². The summed E-state index contributed by atoms with van der Waals surface area (Å²) >= 11 is 0. The second kappa shape index (κ2) is 6.43. The minimum Gasteiger partial charge on any atom is -0.508 e. The average molecular weight is 247 g/mol. The third kappa shape index (κ3) is 4.06. The van der Waals surface area contributed by atoms with Gasteiger partial charge in [0.25, 0.3) is 0 Å². The lowest BCUT2D eigenvalue weighted by atomic mass is 9.89. The van der Waals surface area contributed by atoms with E-state index in [2.05, 4.69) is 5.32 Å². The van der Waals surface area contributed by atoms with Gasteiger partial charge in [-0.15, -0.1) is 0 Å². The van der Waals surface area contributed by atoms with Crippen LogP contribution in [0.2, 0.25) is 0 Å². The minimum atomic E-state index is 0.0474. The Morgan fingerprint density at radius 2 is 2.06 bits per heavy atom. The number of aromatic hydroxyl groups is 1. The highest BCUT2D eigenvalue weighted by Crippen LogP contribution is 2.22. The fourth-order valence-corrected chi connectivity index (χ4v) is 2.56. The van der Waals surface area contributed by atoms with E-state index in [0.29, 0.717) is 12.3 Å². The molecule has 1 saturated carbocycles. The Labute approximate surface area is 108 Å². The average Bonchev–Trinajstić information content (AvgIpc) is 2.38. The number of carbonyl (C=O) groups excluding carboxylic acids is 1. The smallest absolute Gasteiger partial charge is 0.224 e. The van der Waals surface area contributed by atoms with Crippen molar-refractivity contribution in [2.24, 2.45) is 5.92 Å². The summed E-state index contributed by atoms with van der Waals surface area (Å²) in [7, 11) is 0. The van der Waals surface area contributed by atoms with Crippen LogP contribution in [0.25, 0.3) is 0 Å². The summed E-state index contributed by atoms with van der Waals surface area (Å²) in [6.07, 6.45) is 6.77. The van der Waals surface area contributed by atoms with Gasteiger partial charge in [0.05, 0.1) is 6.42 Å². The molecule has 1 fully saturated rings. The molecule has 0 atom stereocenters. The van der Waals surface area contributed by atoms with Crippen LogP contribution >= 0.6 is 0 Å². The number of hydrogen-bond acceptors (Lipinski definition) is 2. The minimum absolute atomic E-state index is 0.0474. The van der Waals surface area contributed by atoms with Gasteiger partial charge in [-0.25, -0.2) is 0 Å². The first-order valence-electron chi connectivity index (χ1n) is 6.78. The monoisotopic (exact) mass is 247 g/mol. The molecule has 0 radical (unpaired) electrons. The molecular weight excluding hydrogens is 226 g/mol. The van der Waals surface area contributed by atoms with Crippen LogP contribution in [0.1, 0.15) is 37.7 Å². The summed E-state index contributed by atoms with van der Waals surface area (Å²) in [6, 6.07) is 6.88. The van der Waals surface area contributed by atoms with Crippen molar-refractivity contribution in [1.82, 2.24) is 5.32 Å². The molecule has 3 nitrogen and oxygen atoms in total. The Morgan fingerprint density at radius 1 is 1.28 bits per heavy atom. The second-order valence-corrected chi connectivity index (χ2v) is 5.15. The zero-order valence-electron chi connectivity index (χ0n) is 10.7. The molecule has 0 aromatic heterocycles. The van der Waals surface area contributed by atoms with Crippen LogP contribution in [-0.2, 0) is 11.2 Å². The predicted octanol–water partition coefficient (Wildman–Crippen LogP) is 2.63. The summed E-state index contributed by atoms with van der Waals surface area (Å²) in [5.41, 5.74) is 0.858. The molecule has 0 bridgehead atoms. The molecule has 1 aliphatic carbocycles. The fraction of sp³-hybridized carbons (Fsp3) is 0.533. The van der Waals surface area contributed by atoms with Gasteiger partial charge in [0.1, 0.15) is 5.75 Å². The summed E-state index contributed by atoms with van der Waals surface area (Å²) in [4.78, 5) is 11.8. The van der Waals surface area contributed by atoms with Gasteiger partial charge in [0.2, 0.25) is 5.91 Å². The molecule has 0 unspecified atom stereocenters. The van der Waals surface area contributed by atoms with E-state index in [1.165, 1.54) is 32.1 Å².